The fourth-order valence-corrected chi connectivity index (χ4v) is 2.24. The second kappa shape index (κ2) is 3.53. The molecule has 0 saturated heterocycles. The van der Waals surface area contributed by atoms with E-state index >= 15 is 0 Å². The molecule has 0 aliphatic heterocycles. The Balaban J connectivity index is 2.23. The van der Waals surface area contributed by atoms with E-state index in [-0.39, 0.29) is 0 Å². The fraction of sp³-hybridized carbons (Fsp3) is 0.455. The van der Waals surface area contributed by atoms with Gasteiger partial charge in [0.25, 0.3) is 0 Å². The first-order valence-corrected chi connectivity index (χ1v) is 5.21. The highest BCUT2D eigenvalue weighted by atomic mass is 32.1. The van der Waals surface area contributed by atoms with Gasteiger partial charge in [-0.2, -0.15) is 12.6 Å². The molecule has 64 valence electrons. The minimum Gasteiger partial charge on any atom is -0.179 e. The van der Waals surface area contributed by atoms with Crippen LogP contribution in [-0.2, 0) is 12.8 Å². The number of thiol groups is 1. The third-order valence-corrected chi connectivity index (χ3v) is 3.22. The molecule has 1 atom stereocenters. The van der Waals surface area contributed by atoms with Gasteiger partial charge in [0.05, 0.1) is 0 Å². The monoisotopic (exact) mass is 178 g/mol. The topological polar surface area (TPSA) is 0 Å². The molecular weight excluding hydrogens is 164 g/mol. The van der Waals surface area contributed by atoms with Crippen molar-refractivity contribution in [3.8, 4) is 0 Å². The maximum atomic E-state index is 4.36. The van der Waals surface area contributed by atoms with Crippen LogP contribution in [0.25, 0.3) is 0 Å². The van der Waals surface area contributed by atoms with Crippen molar-refractivity contribution < 1.29 is 0 Å². The van der Waals surface area contributed by atoms with Crippen molar-refractivity contribution in [1.82, 2.24) is 0 Å². The minimum absolute atomic E-state index is 0.809. The lowest BCUT2D eigenvalue weighted by Crippen LogP contribution is -2.15. The van der Waals surface area contributed by atoms with E-state index in [1.165, 1.54) is 19.3 Å². The first-order valence-electron chi connectivity index (χ1n) is 4.58. The Bertz CT molecular complexity index is 267. The number of aryl methyl sites for hydroxylation is 1. The molecule has 1 aromatic carbocycles. The number of hydrogen-bond acceptors (Lipinski definition) is 1. The van der Waals surface area contributed by atoms with Crippen molar-refractivity contribution in [1.29, 1.82) is 0 Å². The fourth-order valence-electron chi connectivity index (χ4n) is 1.93. The van der Waals surface area contributed by atoms with E-state index in [0.717, 1.165) is 11.7 Å². The molecule has 0 fully saturated rings. The van der Waals surface area contributed by atoms with Gasteiger partial charge in [0.1, 0.15) is 0 Å². The molecule has 0 spiro atoms. The van der Waals surface area contributed by atoms with Crippen LogP contribution in [-0.4, -0.2) is 5.75 Å². The molecule has 1 aliphatic rings. The summed E-state index contributed by atoms with van der Waals surface area (Å²) in [5, 5.41) is 0. The highest BCUT2D eigenvalue weighted by Crippen LogP contribution is 2.25. The summed E-state index contributed by atoms with van der Waals surface area (Å²) in [6.45, 7) is 0. The number of hydrogen-bond donors (Lipinski definition) is 1. The van der Waals surface area contributed by atoms with Crippen molar-refractivity contribution in [2.24, 2.45) is 5.92 Å². The van der Waals surface area contributed by atoms with Crippen LogP contribution in [0.5, 0.6) is 0 Å². The molecule has 0 amide bonds. The van der Waals surface area contributed by atoms with Gasteiger partial charge < -0.3 is 0 Å². The molecule has 0 aromatic heterocycles. The average molecular weight is 178 g/mol. The lowest BCUT2D eigenvalue weighted by Gasteiger charge is -2.22. The molecule has 0 saturated carbocycles. The predicted octanol–water partition coefficient (Wildman–Crippen LogP) is 2.72. The zero-order chi connectivity index (χ0) is 8.39. The third kappa shape index (κ3) is 1.51. The van der Waals surface area contributed by atoms with Crippen LogP contribution in [0.1, 0.15) is 17.5 Å². The Kier molecular flexibility index (Phi) is 2.40. The third-order valence-electron chi connectivity index (χ3n) is 2.71. The molecular formula is C11H14S. The van der Waals surface area contributed by atoms with E-state index in [1.54, 1.807) is 11.1 Å². The van der Waals surface area contributed by atoms with Gasteiger partial charge >= 0.3 is 0 Å². The normalized spacial score (nSPS) is 21.9. The Labute approximate surface area is 79.4 Å². The summed E-state index contributed by atoms with van der Waals surface area (Å²) in [6, 6.07) is 8.79. The largest absolute Gasteiger partial charge is 0.179 e. The molecule has 12 heavy (non-hydrogen) atoms. The first-order chi connectivity index (χ1) is 5.90. The molecule has 0 nitrogen and oxygen atoms in total. The maximum Gasteiger partial charge on any atom is -0.00662 e. The lowest BCUT2D eigenvalue weighted by molar-refractivity contribution is 0.510. The van der Waals surface area contributed by atoms with Crippen LogP contribution in [0.2, 0.25) is 0 Å². The summed E-state index contributed by atoms with van der Waals surface area (Å²) in [4.78, 5) is 0. The standard InChI is InChI=1S/C11H14S/c12-8-9-5-6-10-3-1-2-4-11(10)7-9/h1-4,9,12H,5-8H2. The summed E-state index contributed by atoms with van der Waals surface area (Å²) >= 11 is 4.36. The van der Waals surface area contributed by atoms with E-state index in [0.29, 0.717) is 0 Å². The molecule has 0 heterocycles. The molecule has 1 aromatic rings. The molecule has 1 heteroatoms. The van der Waals surface area contributed by atoms with Gasteiger partial charge in [-0.3, -0.25) is 0 Å². The van der Waals surface area contributed by atoms with Crippen LogP contribution in [0.3, 0.4) is 0 Å². The van der Waals surface area contributed by atoms with Crippen LogP contribution in [0, 0.1) is 5.92 Å². The van der Waals surface area contributed by atoms with E-state index in [2.05, 4.69) is 36.9 Å². The van der Waals surface area contributed by atoms with Gasteiger partial charge in [0.2, 0.25) is 0 Å². The van der Waals surface area contributed by atoms with Crippen molar-refractivity contribution in [2.75, 3.05) is 5.75 Å². The predicted molar refractivity (Wildman–Crippen MR) is 55.8 cm³/mol. The zero-order valence-corrected chi connectivity index (χ0v) is 8.06. The van der Waals surface area contributed by atoms with Gasteiger partial charge in [0.15, 0.2) is 0 Å². The van der Waals surface area contributed by atoms with Crippen LogP contribution >= 0.6 is 12.6 Å². The SMILES string of the molecule is SCC1CCc2ccccc2C1. The van der Waals surface area contributed by atoms with Gasteiger partial charge in [-0.1, -0.05) is 24.3 Å². The second-order valence-corrected chi connectivity index (χ2v) is 3.93. The van der Waals surface area contributed by atoms with Crippen LogP contribution in [0.15, 0.2) is 24.3 Å². The zero-order valence-electron chi connectivity index (χ0n) is 7.16. The number of fused-ring (bicyclic) bond motifs is 1. The summed E-state index contributed by atoms with van der Waals surface area (Å²) in [5.41, 5.74) is 3.10. The van der Waals surface area contributed by atoms with Gasteiger partial charge in [-0.25, -0.2) is 0 Å². The van der Waals surface area contributed by atoms with Crippen LogP contribution in [0.4, 0.5) is 0 Å². The molecule has 2 rings (SSSR count). The quantitative estimate of drug-likeness (QED) is 0.628. The highest BCUT2D eigenvalue weighted by molar-refractivity contribution is 7.80. The smallest absolute Gasteiger partial charge is 0.00662 e. The number of benzene rings is 1. The van der Waals surface area contributed by atoms with Crippen molar-refractivity contribution in [2.45, 2.75) is 19.3 Å². The van der Waals surface area contributed by atoms with Crippen molar-refractivity contribution in [3.63, 3.8) is 0 Å². The summed E-state index contributed by atoms with van der Waals surface area (Å²) in [7, 11) is 0. The van der Waals surface area contributed by atoms with Gasteiger partial charge in [0, 0.05) is 0 Å². The van der Waals surface area contributed by atoms with Gasteiger partial charge in [-0.05, 0) is 42.1 Å². The summed E-state index contributed by atoms with van der Waals surface area (Å²) in [5.74, 6) is 1.84. The Morgan fingerprint density at radius 1 is 1.25 bits per heavy atom. The highest BCUT2D eigenvalue weighted by Gasteiger charge is 2.16. The number of rotatable bonds is 1. The van der Waals surface area contributed by atoms with E-state index < -0.39 is 0 Å². The molecule has 0 radical (unpaired) electrons. The lowest BCUT2D eigenvalue weighted by atomic mass is 9.85. The summed E-state index contributed by atoms with van der Waals surface area (Å²) < 4.78 is 0. The molecule has 0 N–H and O–H groups in total. The molecule has 1 aliphatic carbocycles. The Morgan fingerprint density at radius 2 is 2.00 bits per heavy atom. The van der Waals surface area contributed by atoms with E-state index in [1.807, 2.05) is 0 Å². The minimum atomic E-state index is 0.809. The van der Waals surface area contributed by atoms with Crippen molar-refractivity contribution >= 4 is 12.6 Å². The van der Waals surface area contributed by atoms with Crippen LogP contribution < -0.4 is 0 Å². The first kappa shape index (κ1) is 8.18. The average Bonchev–Trinajstić information content (AvgIpc) is 2.17. The van der Waals surface area contributed by atoms with E-state index in [4.69, 9.17) is 0 Å². The van der Waals surface area contributed by atoms with E-state index in [9.17, 15) is 0 Å². The Morgan fingerprint density at radius 3 is 2.75 bits per heavy atom. The maximum absolute atomic E-state index is 4.36. The summed E-state index contributed by atoms with van der Waals surface area (Å²) in [6.07, 6.45) is 3.81. The molecule has 0 bridgehead atoms. The second-order valence-electron chi connectivity index (χ2n) is 3.56. The molecule has 1 unspecified atom stereocenters. The van der Waals surface area contributed by atoms with Gasteiger partial charge in [-0.15, -0.1) is 0 Å². The van der Waals surface area contributed by atoms with Crippen molar-refractivity contribution in [3.05, 3.63) is 35.4 Å². The Hall–Kier alpha value is -0.430.